The maximum atomic E-state index is 11.9. The second-order valence-corrected chi connectivity index (χ2v) is 7.98. The molecule has 2 aromatic rings. The van der Waals surface area contributed by atoms with Crippen molar-refractivity contribution in [2.24, 2.45) is 0 Å². The van der Waals surface area contributed by atoms with E-state index in [2.05, 4.69) is 34.6 Å². The standard InChI is InChI=1S/C15H19N3OS3/c1-2-9-21-15-18-17-14(22-15)16-13(19)8-10-20-11-12-6-4-3-5-7-12/h3-7H,2,8-11H2,1H3,(H,16,17,19). The van der Waals surface area contributed by atoms with Crippen LogP contribution in [0.4, 0.5) is 5.13 Å². The van der Waals surface area contributed by atoms with Gasteiger partial charge in [-0.3, -0.25) is 4.79 Å². The molecule has 0 spiro atoms. The van der Waals surface area contributed by atoms with E-state index in [9.17, 15) is 4.79 Å². The van der Waals surface area contributed by atoms with E-state index in [1.54, 1.807) is 23.5 Å². The Kier molecular flexibility index (Phi) is 7.76. The van der Waals surface area contributed by atoms with Crippen LogP contribution in [0.15, 0.2) is 34.7 Å². The highest BCUT2D eigenvalue weighted by atomic mass is 32.2. The van der Waals surface area contributed by atoms with Gasteiger partial charge in [-0.2, -0.15) is 11.8 Å². The smallest absolute Gasteiger partial charge is 0.227 e. The van der Waals surface area contributed by atoms with Crippen LogP contribution < -0.4 is 5.32 Å². The summed E-state index contributed by atoms with van der Waals surface area (Å²) in [5.74, 6) is 2.77. The van der Waals surface area contributed by atoms with E-state index < -0.39 is 0 Å². The Hall–Kier alpha value is -1.05. The third-order valence-corrected chi connectivity index (χ3v) is 5.88. The first-order valence-electron chi connectivity index (χ1n) is 7.15. The first-order chi connectivity index (χ1) is 10.8. The minimum absolute atomic E-state index is 0.00348. The van der Waals surface area contributed by atoms with Crippen molar-refractivity contribution in [2.45, 2.75) is 29.9 Å². The van der Waals surface area contributed by atoms with E-state index in [1.807, 2.05) is 18.2 Å². The minimum Gasteiger partial charge on any atom is -0.300 e. The van der Waals surface area contributed by atoms with Gasteiger partial charge >= 0.3 is 0 Å². The molecule has 7 heteroatoms. The quantitative estimate of drug-likeness (QED) is 0.414. The minimum atomic E-state index is 0.00348. The van der Waals surface area contributed by atoms with E-state index in [0.717, 1.165) is 28.0 Å². The van der Waals surface area contributed by atoms with Gasteiger partial charge in [-0.15, -0.1) is 10.2 Å². The fraction of sp³-hybridized carbons (Fsp3) is 0.400. The molecular formula is C15H19N3OS3. The number of hydrogen-bond donors (Lipinski definition) is 1. The highest BCUT2D eigenvalue weighted by molar-refractivity contribution is 8.01. The Morgan fingerprint density at radius 3 is 2.82 bits per heavy atom. The molecule has 0 unspecified atom stereocenters. The number of rotatable bonds is 9. The Balaban J connectivity index is 1.64. The zero-order valence-corrected chi connectivity index (χ0v) is 14.9. The fourth-order valence-corrected chi connectivity index (χ4v) is 4.21. The Bertz CT molecular complexity index is 574. The predicted molar refractivity (Wildman–Crippen MR) is 96.8 cm³/mol. The molecule has 0 aliphatic carbocycles. The molecule has 0 radical (unpaired) electrons. The lowest BCUT2D eigenvalue weighted by Gasteiger charge is -2.02. The zero-order chi connectivity index (χ0) is 15.6. The molecule has 118 valence electrons. The second kappa shape index (κ2) is 9.86. The summed E-state index contributed by atoms with van der Waals surface area (Å²) in [6, 6.07) is 10.3. The summed E-state index contributed by atoms with van der Waals surface area (Å²) in [5, 5.41) is 11.5. The number of anilines is 1. The monoisotopic (exact) mass is 353 g/mol. The fourth-order valence-electron chi connectivity index (χ4n) is 1.62. The van der Waals surface area contributed by atoms with Gasteiger partial charge in [-0.05, 0) is 12.0 Å². The molecule has 0 fully saturated rings. The number of nitrogens with one attached hydrogen (secondary N) is 1. The number of amides is 1. The molecule has 2 rings (SSSR count). The van der Waals surface area contributed by atoms with E-state index in [1.165, 1.54) is 16.9 Å². The summed E-state index contributed by atoms with van der Waals surface area (Å²) in [6.45, 7) is 2.13. The molecule has 0 bridgehead atoms. The van der Waals surface area contributed by atoms with Gasteiger partial charge in [0.15, 0.2) is 4.34 Å². The highest BCUT2D eigenvalue weighted by Crippen LogP contribution is 2.25. The summed E-state index contributed by atoms with van der Waals surface area (Å²) in [6.07, 6.45) is 1.60. The highest BCUT2D eigenvalue weighted by Gasteiger charge is 2.08. The lowest BCUT2D eigenvalue weighted by molar-refractivity contribution is -0.115. The number of hydrogen-bond acceptors (Lipinski definition) is 6. The molecule has 0 saturated heterocycles. The molecule has 0 aliphatic heterocycles. The van der Waals surface area contributed by atoms with Crippen molar-refractivity contribution in [2.75, 3.05) is 16.8 Å². The molecule has 0 atom stereocenters. The van der Waals surface area contributed by atoms with Crippen LogP contribution in [0.5, 0.6) is 0 Å². The molecule has 0 aliphatic rings. The van der Waals surface area contributed by atoms with Crippen molar-refractivity contribution in [3.8, 4) is 0 Å². The summed E-state index contributed by atoms with van der Waals surface area (Å²) >= 11 is 4.88. The summed E-state index contributed by atoms with van der Waals surface area (Å²) in [4.78, 5) is 11.9. The summed E-state index contributed by atoms with van der Waals surface area (Å²) in [7, 11) is 0. The van der Waals surface area contributed by atoms with Gasteiger partial charge in [-0.1, -0.05) is 60.4 Å². The van der Waals surface area contributed by atoms with Crippen molar-refractivity contribution in [1.82, 2.24) is 10.2 Å². The van der Waals surface area contributed by atoms with Gasteiger partial charge in [0.2, 0.25) is 11.0 Å². The van der Waals surface area contributed by atoms with E-state index in [-0.39, 0.29) is 5.91 Å². The number of nitrogens with zero attached hydrogens (tertiary/aromatic N) is 2. The van der Waals surface area contributed by atoms with Crippen LogP contribution in [0.25, 0.3) is 0 Å². The lowest BCUT2D eigenvalue weighted by Crippen LogP contribution is -2.12. The molecular weight excluding hydrogens is 334 g/mol. The van der Waals surface area contributed by atoms with E-state index >= 15 is 0 Å². The number of benzene rings is 1. The first-order valence-corrected chi connectivity index (χ1v) is 10.1. The van der Waals surface area contributed by atoms with Crippen molar-refractivity contribution >= 4 is 45.9 Å². The average Bonchev–Trinajstić information content (AvgIpc) is 2.98. The van der Waals surface area contributed by atoms with Gasteiger partial charge in [0.25, 0.3) is 0 Å². The van der Waals surface area contributed by atoms with Gasteiger partial charge < -0.3 is 5.32 Å². The third kappa shape index (κ3) is 6.37. The predicted octanol–water partition coefficient (Wildman–Crippen LogP) is 4.30. The van der Waals surface area contributed by atoms with E-state index in [4.69, 9.17) is 0 Å². The maximum absolute atomic E-state index is 11.9. The van der Waals surface area contributed by atoms with Crippen molar-refractivity contribution in [1.29, 1.82) is 0 Å². The molecule has 0 saturated carbocycles. The van der Waals surface area contributed by atoms with Crippen molar-refractivity contribution < 1.29 is 4.79 Å². The molecule has 1 aromatic carbocycles. The van der Waals surface area contributed by atoms with Crippen LogP contribution >= 0.6 is 34.9 Å². The van der Waals surface area contributed by atoms with Gasteiger partial charge in [0, 0.05) is 23.7 Å². The topological polar surface area (TPSA) is 54.9 Å². The molecule has 1 amide bonds. The number of aromatic nitrogens is 2. The van der Waals surface area contributed by atoms with Crippen LogP contribution in [0.2, 0.25) is 0 Å². The van der Waals surface area contributed by atoms with E-state index in [0.29, 0.717) is 11.6 Å². The lowest BCUT2D eigenvalue weighted by atomic mass is 10.2. The van der Waals surface area contributed by atoms with Crippen LogP contribution in [-0.4, -0.2) is 27.6 Å². The van der Waals surface area contributed by atoms with Crippen LogP contribution in [-0.2, 0) is 10.5 Å². The molecule has 1 aromatic heterocycles. The first kappa shape index (κ1) is 17.3. The third-order valence-electron chi connectivity index (χ3n) is 2.67. The number of thioether (sulfide) groups is 2. The Labute approximate surface area is 143 Å². The Morgan fingerprint density at radius 1 is 1.23 bits per heavy atom. The number of carbonyl (C=O) groups is 1. The summed E-state index contributed by atoms with van der Waals surface area (Å²) < 4.78 is 0.913. The summed E-state index contributed by atoms with van der Waals surface area (Å²) in [5.41, 5.74) is 1.29. The molecule has 4 nitrogen and oxygen atoms in total. The molecule has 1 heterocycles. The SMILES string of the molecule is CCCSc1nnc(NC(=O)CCSCc2ccccc2)s1. The molecule has 22 heavy (non-hydrogen) atoms. The van der Waals surface area contributed by atoms with Crippen LogP contribution in [0.1, 0.15) is 25.3 Å². The van der Waals surface area contributed by atoms with Crippen molar-refractivity contribution in [3.63, 3.8) is 0 Å². The molecule has 1 N–H and O–H groups in total. The van der Waals surface area contributed by atoms with Crippen LogP contribution in [0, 0.1) is 0 Å². The second-order valence-electron chi connectivity index (χ2n) is 4.56. The number of carbonyl (C=O) groups excluding carboxylic acids is 1. The van der Waals surface area contributed by atoms with Crippen molar-refractivity contribution in [3.05, 3.63) is 35.9 Å². The average molecular weight is 354 g/mol. The normalized spacial score (nSPS) is 10.6. The Morgan fingerprint density at radius 2 is 2.05 bits per heavy atom. The zero-order valence-electron chi connectivity index (χ0n) is 12.4. The van der Waals surface area contributed by atoms with Crippen LogP contribution in [0.3, 0.4) is 0 Å². The maximum Gasteiger partial charge on any atom is 0.227 e. The largest absolute Gasteiger partial charge is 0.300 e. The van der Waals surface area contributed by atoms with Gasteiger partial charge in [-0.25, -0.2) is 0 Å². The van der Waals surface area contributed by atoms with Gasteiger partial charge in [0.1, 0.15) is 0 Å². The van der Waals surface area contributed by atoms with Gasteiger partial charge in [0.05, 0.1) is 0 Å².